The zero-order valence-corrected chi connectivity index (χ0v) is 16.6. The number of hydrogen-bond donors (Lipinski definition) is 2. The number of carbonyl (C=O) groups excluding carboxylic acids is 1. The van der Waals surface area contributed by atoms with Crippen molar-refractivity contribution >= 4 is 28.3 Å². The Kier molecular flexibility index (Phi) is 5.40. The van der Waals surface area contributed by atoms with Gasteiger partial charge in [0.25, 0.3) is 5.56 Å². The van der Waals surface area contributed by atoms with Gasteiger partial charge in [-0.05, 0) is 36.1 Å². The molecule has 4 rings (SSSR count). The number of aryl methyl sites for hydroxylation is 1. The van der Waals surface area contributed by atoms with Crippen molar-refractivity contribution in [3.05, 3.63) is 62.3 Å². The molecule has 2 N–H and O–H groups in total. The zero-order chi connectivity index (χ0) is 19.5. The Morgan fingerprint density at radius 3 is 2.75 bits per heavy atom. The van der Waals surface area contributed by atoms with Crippen molar-refractivity contribution in [1.29, 1.82) is 0 Å². The van der Waals surface area contributed by atoms with E-state index in [0.29, 0.717) is 42.9 Å². The molecule has 0 bridgehead atoms. The molecule has 0 aliphatic carbocycles. The number of rotatable bonds is 4. The summed E-state index contributed by atoms with van der Waals surface area (Å²) in [6, 6.07) is 9.39. The van der Waals surface area contributed by atoms with Crippen molar-refractivity contribution in [3.8, 4) is 0 Å². The van der Waals surface area contributed by atoms with Gasteiger partial charge in [-0.3, -0.25) is 9.69 Å². The molecule has 146 valence electrons. The van der Waals surface area contributed by atoms with Crippen molar-refractivity contribution < 1.29 is 4.79 Å². The lowest BCUT2D eigenvalue weighted by Crippen LogP contribution is -2.51. The van der Waals surface area contributed by atoms with Gasteiger partial charge in [0.2, 0.25) is 0 Å². The maximum absolute atomic E-state index is 12.4. The summed E-state index contributed by atoms with van der Waals surface area (Å²) in [6.45, 7) is 6.03. The third-order valence-electron chi connectivity index (χ3n) is 5.06. The number of nitrogens with zero attached hydrogens (tertiary/aromatic N) is 3. The number of aromatic amines is 1. The minimum atomic E-state index is -0.109. The Morgan fingerprint density at radius 2 is 2.00 bits per heavy atom. The molecule has 7 nitrogen and oxygen atoms in total. The molecule has 0 spiro atoms. The molecule has 0 saturated carbocycles. The van der Waals surface area contributed by atoms with Gasteiger partial charge in [0.05, 0.1) is 24.0 Å². The fraction of sp³-hybridized carbons (Fsp3) is 0.350. The van der Waals surface area contributed by atoms with Gasteiger partial charge in [-0.1, -0.05) is 12.1 Å². The van der Waals surface area contributed by atoms with Crippen molar-refractivity contribution in [1.82, 2.24) is 25.1 Å². The lowest BCUT2D eigenvalue weighted by atomic mass is 10.2. The van der Waals surface area contributed by atoms with Gasteiger partial charge >= 0.3 is 6.03 Å². The fourth-order valence-corrected chi connectivity index (χ4v) is 4.23. The summed E-state index contributed by atoms with van der Waals surface area (Å²) in [4.78, 5) is 37.3. The smallest absolute Gasteiger partial charge is 0.317 e. The van der Waals surface area contributed by atoms with Gasteiger partial charge in [-0.2, -0.15) is 0 Å². The molecule has 2 amide bonds. The van der Waals surface area contributed by atoms with Crippen LogP contribution in [0.1, 0.15) is 16.3 Å². The number of amides is 2. The largest absolute Gasteiger partial charge is 0.333 e. The highest BCUT2D eigenvalue weighted by Gasteiger charge is 2.21. The van der Waals surface area contributed by atoms with Crippen LogP contribution in [0.5, 0.6) is 0 Å². The first-order valence-electron chi connectivity index (χ1n) is 9.36. The van der Waals surface area contributed by atoms with E-state index in [1.165, 1.54) is 10.4 Å². The summed E-state index contributed by atoms with van der Waals surface area (Å²) in [6.07, 6.45) is 0. The molecule has 3 heterocycles. The van der Waals surface area contributed by atoms with E-state index in [-0.39, 0.29) is 11.6 Å². The second-order valence-electron chi connectivity index (χ2n) is 6.98. The van der Waals surface area contributed by atoms with Crippen LogP contribution in [0.2, 0.25) is 0 Å². The minimum absolute atomic E-state index is 0.0234. The summed E-state index contributed by atoms with van der Waals surface area (Å²) in [5.41, 5.74) is 1.82. The number of para-hydroxylation sites is 1. The van der Waals surface area contributed by atoms with Crippen molar-refractivity contribution in [2.45, 2.75) is 20.0 Å². The monoisotopic (exact) mass is 397 g/mol. The van der Waals surface area contributed by atoms with Gasteiger partial charge in [0.15, 0.2) is 0 Å². The minimum Gasteiger partial charge on any atom is -0.333 e. The van der Waals surface area contributed by atoms with Crippen LogP contribution in [0.4, 0.5) is 4.79 Å². The highest BCUT2D eigenvalue weighted by molar-refractivity contribution is 7.10. The Bertz CT molecular complexity index is 1040. The number of piperazine rings is 1. The Labute approximate surface area is 167 Å². The molecular weight excluding hydrogens is 374 g/mol. The Morgan fingerprint density at radius 1 is 1.21 bits per heavy atom. The van der Waals surface area contributed by atoms with Crippen LogP contribution in [0.15, 0.2) is 40.5 Å². The number of fused-ring (bicyclic) bond motifs is 1. The van der Waals surface area contributed by atoms with E-state index in [1.807, 2.05) is 28.5 Å². The van der Waals surface area contributed by atoms with E-state index < -0.39 is 0 Å². The van der Waals surface area contributed by atoms with E-state index >= 15 is 0 Å². The molecule has 28 heavy (non-hydrogen) atoms. The van der Waals surface area contributed by atoms with Gasteiger partial charge in [-0.15, -0.1) is 11.3 Å². The van der Waals surface area contributed by atoms with Crippen LogP contribution in [-0.2, 0) is 13.1 Å². The van der Waals surface area contributed by atoms with Crippen LogP contribution in [0, 0.1) is 6.92 Å². The van der Waals surface area contributed by atoms with Gasteiger partial charge < -0.3 is 15.2 Å². The molecule has 1 fully saturated rings. The Hall–Kier alpha value is -2.71. The number of nitrogens with one attached hydrogen (secondary N) is 2. The molecular formula is C20H23N5O2S. The van der Waals surface area contributed by atoms with Crippen LogP contribution in [0.25, 0.3) is 10.9 Å². The predicted molar refractivity (Wildman–Crippen MR) is 111 cm³/mol. The van der Waals surface area contributed by atoms with Crippen molar-refractivity contribution in [2.75, 3.05) is 26.2 Å². The molecule has 2 aromatic heterocycles. The summed E-state index contributed by atoms with van der Waals surface area (Å²) in [5, 5.41) is 5.65. The van der Waals surface area contributed by atoms with E-state index in [1.54, 1.807) is 17.4 Å². The van der Waals surface area contributed by atoms with Crippen molar-refractivity contribution in [3.63, 3.8) is 0 Å². The molecule has 1 aromatic carbocycles. The number of thiophene rings is 1. The highest BCUT2D eigenvalue weighted by atomic mass is 32.1. The number of hydrogen-bond acceptors (Lipinski definition) is 5. The number of benzene rings is 1. The molecule has 0 unspecified atom stereocenters. The third kappa shape index (κ3) is 4.07. The van der Waals surface area contributed by atoms with E-state index in [4.69, 9.17) is 0 Å². The molecule has 1 aliphatic rings. The Balaban J connectivity index is 1.31. The van der Waals surface area contributed by atoms with Crippen LogP contribution >= 0.6 is 11.3 Å². The maximum Gasteiger partial charge on any atom is 0.317 e. The van der Waals surface area contributed by atoms with Gasteiger partial charge in [-0.25, -0.2) is 9.78 Å². The topological polar surface area (TPSA) is 81.3 Å². The molecule has 1 saturated heterocycles. The molecule has 8 heteroatoms. The first-order chi connectivity index (χ1) is 13.6. The highest BCUT2D eigenvalue weighted by Crippen LogP contribution is 2.15. The summed E-state index contributed by atoms with van der Waals surface area (Å²) in [7, 11) is 0. The second kappa shape index (κ2) is 8.12. The molecule has 3 aromatic rings. The van der Waals surface area contributed by atoms with Crippen molar-refractivity contribution in [2.24, 2.45) is 0 Å². The van der Waals surface area contributed by atoms with Gasteiger partial charge in [0, 0.05) is 31.1 Å². The zero-order valence-electron chi connectivity index (χ0n) is 15.8. The SMILES string of the molecule is Cc1ccsc1CNC(=O)N1CCN(Cc2nc3ccccc3c(=O)[nH]2)CC1. The van der Waals surface area contributed by atoms with E-state index in [0.717, 1.165) is 13.1 Å². The first kappa shape index (κ1) is 18.6. The summed E-state index contributed by atoms with van der Waals surface area (Å²) in [5.74, 6) is 0.662. The first-order valence-corrected chi connectivity index (χ1v) is 10.2. The van der Waals surface area contributed by atoms with E-state index in [2.05, 4.69) is 33.2 Å². The second-order valence-corrected chi connectivity index (χ2v) is 7.98. The predicted octanol–water partition coefficient (Wildman–Crippen LogP) is 2.32. The summed E-state index contributed by atoms with van der Waals surface area (Å²) >= 11 is 1.66. The van der Waals surface area contributed by atoms with Crippen LogP contribution in [-0.4, -0.2) is 52.0 Å². The average Bonchev–Trinajstić information content (AvgIpc) is 3.11. The number of aromatic nitrogens is 2. The normalized spacial score (nSPS) is 15.1. The standard InChI is InChI=1S/C20H23N5O2S/c1-14-6-11-28-17(14)12-21-20(27)25-9-7-24(8-10-25)13-18-22-16-5-3-2-4-15(16)19(26)23-18/h2-6,11H,7-10,12-13H2,1H3,(H,21,27)(H,22,23,26). The number of H-pyrrole nitrogens is 1. The number of carbonyl (C=O) groups is 1. The molecule has 1 aliphatic heterocycles. The quantitative estimate of drug-likeness (QED) is 0.708. The fourth-order valence-electron chi connectivity index (χ4n) is 3.38. The van der Waals surface area contributed by atoms with Gasteiger partial charge in [0.1, 0.15) is 5.82 Å². The maximum atomic E-state index is 12.4. The number of urea groups is 1. The molecule has 0 atom stereocenters. The van der Waals surface area contributed by atoms with Crippen LogP contribution in [0.3, 0.4) is 0 Å². The third-order valence-corrected chi connectivity index (χ3v) is 6.09. The van der Waals surface area contributed by atoms with Crippen LogP contribution < -0.4 is 10.9 Å². The lowest BCUT2D eigenvalue weighted by molar-refractivity contribution is 0.133. The molecule has 0 radical (unpaired) electrons. The average molecular weight is 398 g/mol. The lowest BCUT2D eigenvalue weighted by Gasteiger charge is -2.34. The summed E-state index contributed by atoms with van der Waals surface area (Å²) < 4.78 is 0. The van der Waals surface area contributed by atoms with E-state index in [9.17, 15) is 9.59 Å².